The summed E-state index contributed by atoms with van der Waals surface area (Å²) in [5.74, 6) is -0.647. The van der Waals surface area contributed by atoms with Crippen molar-refractivity contribution >= 4 is 61.1 Å². The van der Waals surface area contributed by atoms with E-state index in [1.54, 1.807) is 29.5 Å². The largest absolute Gasteiger partial charge is 0.359 e. The summed E-state index contributed by atoms with van der Waals surface area (Å²) in [5.41, 5.74) is 0.263. The van der Waals surface area contributed by atoms with Gasteiger partial charge in [0.05, 0.1) is 0 Å². The zero-order chi connectivity index (χ0) is 20.6. The lowest BCUT2D eigenvalue weighted by Gasteiger charge is -2.19. The minimum Gasteiger partial charge on any atom is -0.258 e. The summed E-state index contributed by atoms with van der Waals surface area (Å²) >= 11 is 8.60. The molecule has 0 heterocycles. The predicted octanol–water partition coefficient (Wildman–Crippen LogP) is 2.90. The Hall–Kier alpha value is -2.46. The molecule has 0 aromatic heterocycles. The first-order valence-electron chi connectivity index (χ1n) is 7.44. The van der Waals surface area contributed by atoms with Crippen LogP contribution in [0.15, 0.2) is 69.9 Å². The molecule has 0 bridgehead atoms. The Bertz CT molecular complexity index is 1130. The van der Waals surface area contributed by atoms with Gasteiger partial charge in [0, 0.05) is 5.92 Å². The summed E-state index contributed by atoms with van der Waals surface area (Å²) < 4.78 is 57.7. The van der Waals surface area contributed by atoms with Crippen LogP contribution in [0.25, 0.3) is 6.08 Å². The molecule has 0 radical (unpaired) electrons. The lowest BCUT2D eigenvalue weighted by molar-refractivity contribution is 0.335. The lowest BCUT2D eigenvalue weighted by atomic mass is 9.99. The summed E-state index contributed by atoms with van der Waals surface area (Å²) in [6.45, 7) is 0. The van der Waals surface area contributed by atoms with Crippen LogP contribution in [0, 0.1) is 5.92 Å². The molecule has 0 saturated heterocycles. The molecule has 1 aliphatic carbocycles. The smallest absolute Gasteiger partial charge is 0.258 e. The van der Waals surface area contributed by atoms with E-state index in [4.69, 9.17) is 0 Å². The Labute approximate surface area is 172 Å². The zero-order valence-electron chi connectivity index (χ0n) is 13.9. The van der Waals surface area contributed by atoms with Gasteiger partial charge in [-0.2, -0.15) is 16.8 Å². The van der Waals surface area contributed by atoms with Gasteiger partial charge in [0.2, 0.25) is 0 Å². The number of allylic oxidation sites excluding steroid dienone is 4. The van der Waals surface area contributed by atoms with Gasteiger partial charge in [-0.15, -0.1) is 0 Å². The summed E-state index contributed by atoms with van der Waals surface area (Å²) in [5, 5.41) is 8.56. The Morgan fingerprint density at radius 3 is 2.32 bits per heavy atom. The third kappa shape index (κ3) is 5.52. The fourth-order valence-corrected chi connectivity index (χ4v) is 4.49. The molecule has 0 N–H and O–H groups in total. The maximum atomic E-state index is 12.2. The second-order valence-corrected chi connectivity index (χ2v) is 8.71. The summed E-state index contributed by atoms with van der Waals surface area (Å²) in [7, 11) is -8.33. The van der Waals surface area contributed by atoms with Gasteiger partial charge in [-0.25, -0.2) is 0 Å². The van der Waals surface area contributed by atoms with E-state index in [1.807, 2.05) is 5.16 Å². The van der Waals surface area contributed by atoms with Crippen molar-refractivity contribution in [1.82, 2.24) is 0 Å². The molecule has 0 aliphatic heterocycles. The molecule has 0 spiro atoms. The van der Waals surface area contributed by atoms with Gasteiger partial charge < -0.3 is 0 Å². The molecule has 28 heavy (non-hydrogen) atoms. The van der Waals surface area contributed by atoms with Crippen LogP contribution >= 0.6 is 24.4 Å². The van der Waals surface area contributed by atoms with Crippen LogP contribution in [0.5, 0.6) is 0 Å². The van der Waals surface area contributed by atoms with Crippen molar-refractivity contribution in [2.75, 3.05) is 0 Å². The van der Waals surface area contributed by atoms with E-state index in [9.17, 15) is 16.8 Å². The van der Waals surface area contributed by atoms with Gasteiger partial charge in [-0.1, -0.05) is 54.7 Å². The first kappa shape index (κ1) is 21.8. The van der Waals surface area contributed by atoms with Crippen LogP contribution in [-0.4, -0.2) is 32.4 Å². The maximum Gasteiger partial charge on any atom is 0.359 e. The highest BCUT2D eigenvalue weighted by Crippen LogP contribution is 2.25. The lowest BCUT2D eigenvalue weighted by Crippen LogP contribution is -2.27. The second kappa shape index (κ2) is 9.65. The molecule has 8 nitrogen and oxygen atoms in total. The van der Waals surface area contributed by atoms with E-state index < -0.39 is 31.4 Å². The van der Waals surface area contributed by atoms with Crippen LogP contribution in [0.3, 0.4) is 0 Å². The van der Waals surface area contributed by atoms with Crippen molar-refractivity contribution in [2.24, 2.45) is 16.2 Å². The monoisotopic (exact) mass is 456 g/mol. The van der Waals surface area contributed by atoms with Crippen LogP contribution < -0.4 is 0 Å². The van der Waals surface area contributed by atoms with E-state index in [2.05, 4.69) is 43.3 Å². The van der Waals surface area contributed by atoms with Crippen molar-refractivity contribution in [3.05, 3.63) is 60.2 Å². The minimum atomic E-state index is -4.22. The van der Waals surface area contributed by atoms with Gasteiger partial charge in [0.1, 0.15) is 20.5 Å². The average Bonchev–Trinajstić information content (AvgIpc) is 2.69. The summed E-state index contributed by atoms with van der Waals surface area (Å²) in [6, 6.07) is 5.95. The number of nitrogens with zero attached hydrogens (tertiary/aromatic N) is 2. The molecule has 0 amide bonds. The molecule has 146 valence electrons. The third-order valence-electron chi connectivity index (χ3n) is 3.50. The van der Waals surface area contributed by atoms with Crippen molar-refractivity contribution in [2.45, 2.75) is 10.1 Å². The SMILES string of the molecule is O=S(=O)(ON=C=S)c1ccccc1C=CC1C=CC=CC1S(=O)(=O)ON=C=S. The molecule has 1 aromatic rings. The Balaban J connectivity index is 2.37. The Morgan fingerprint density at radius 2 is 1.61 bits per heavy atom. The topological polar surface area (TPSA) is 111 Å². The first-order chi connectivity index (χ1) is 13.3. The van der Waals surface area contributed by atoms with Crippen LogP contribution in [0.2, 0.25) is 0 Å². The van der Waals surface area contributed by atoms with Crippen molar-refractivity contribution < 1.29 is 25.4 Å². The van der Waals surface area contributed by atoms with Crippen LogP contribution in [-0.2, 0) is 28.8 Å². The van der Waals surface area contributed by atoms with Crippen molar-refractivity contribution in [3.63, 3.8) is 0 Å². The number of rotatable bonds is 8. The van der Waals surface area contributed by atoms with Gasteiger partial charge in [-0.05, 0) is 46.4 Å². The van der Waals surface area contributed by atoms with Crippen molar-refractivity contribution in [1.29, 1.82) is 0 Å². The van der Waals surface area contributed by atoms with Crippen LogP contribution in [0.4, 0.5) is 0 Å². The van der Waals surface area contributed by atoms with E-state index in [0.717, 1.165) is 0 Å². The average molecular weight is 457 g/mol. The number of isothiocyanates is 2. The van der Waals surface area contributed by atoms with Crippen molar-refractivity contribution in [3.8, 4) is 0 Å². The molecule has 2 unspecified atom stereocenters. The maximum absolute atomic E-state index is 12.2. The molecule has 2 atom stereocenters. The fraction of sp³-hybridized carbons (Fsp3) is 0.125. The summed E-state index contributed by atoms with van der Waals surface area (Å²) in [6.07, 6.45) is 9.21. The van der Waals surface area contributed by atoms with E-state index in [1.165, 1.54) is 36.4 Å². The van der Waals surface area contributed by atoms with E-state index >= 15 is 0 Å². The predicted molar refractivity (Wildman–Crippen MR) is 109 cm³/mol. The zero-order valence-corrected chi connectivity index (χ0v) is 17.2. The molecule has 12 heteroatoms. The van der Waals surface area contributed by atoms with Gasteiger partial charge in [0.25, 0.3) is 0 Å². The highest BCUT2D eigenvalue weighted by Gasteiger charge is 2.32. The minimum absolute atomic E-state index is 0.170. The normalized spacial score (nSPS) is 18.9. The molecule has 1 aromatic carbocycles. The first-order valence-corrected chi connectivity index (χ1v) is 11.1. The summed E-state index contributed by atoms with van der Waals surface area (Å²) in [4.78, 5) is -0.170. The number of hydrogen-bond acceptors (Lipinski definition) is 10. The molecule has 2 rings (SSSR count). The molecule has 1 aliphatic rings. The quantitative estimate of drug-likeness (QED) is 0.333. The standard InChI is InChI=1S/C16H12N2O6S4/c19-27(20,23-17-11-25)15-7-3-1-5-13(15)9-10-14-6-2-4-8-16(14)28(21,22)24-18-12-26/h1-10,13,15H. The van der Waals surface area contributed by atoms with Gasteiger partial charge in [-0.3, -0.25) is 8.57 Å². The molecular weight excluding hydrogens is 444 g/mol. The molecule has 0 fully saturated rings. The van der Waals surface area contributed by atoms with E-state index in [0.29, 0.717) is 0 Å². The third-order valence-corrected chi connectivity index (χ3v) is 6.25. The number of thiocarbonyl (C=S) groups is 2. The van der Waals surface area contributed by atoms with Crippen LogP contribution in [0.1, 0.15) is 5.56 Å². The van der Waals surface area contributed by atoms with Gasteiger partial charge in [0.15, 0.2) is 0 Å². The number of hydrogen-bond donors (Lipinski definition) is 0. The Kier molecular flexibility index (Phi) is 7.53. The Morgan fingerprint density at radius 1 is 0.964 bits per heavy atom. The second-order valence-electron chi connectivity index (χ2n) is 5.17. The highest BCUT2D eigenvalue weighted by molar-refractivity contribution is 7.87. The fourth-order valence-electron chi connectivity index (χ4n) is 2.35. The molecular formula is C16H12N2O6S4. The van der Waals surface area contributed by atoms with Gasteiger partial charge >= 0.3 is 20.2 Å². The van der Waals surface area contributed by atoms with E-state index in [-0.39, 0.29) is 10.5 Å². The number of benzene rings is 1. The highest BCUT2D eigenvalue weighted by atomic mass is 32.2. The molecule has 0 saturated carbocycles.